The number of esters is 1. The van der Waals surface area contributed by atoms with Gasteiger partial charge in [-0.15, -0.1) is 0 Å². The minimum atomic E-state index is -0.365. The molecule has 98 valence electrons. The second-order valence-corrected chi connectivity index (χ2v) is 3.90. The van der Waals surface area contributed by atoms with E-state index in [0.29, 0.717) is 23.7 Å². The van der Waals surface area contributed by atoms with Crippen molar-refractivity contribution in [2.45, 2.75) is 6.61 Å². The number of rotatable bonds is 4. The lowest BCUT2D eigenvalue weighted by Gasteiger charge is -2.07. The Morgan fingerprint density at radius 1 is 1.32 bits per heavy atom. The number of hydrogen-bond donors (Lipinski definition) is 1. The molecule has 0 aliphatic rings. The van der Waals surface area contributed by atoms with Crippen molar-refractivity contribution in [3.05, 3.63) is 53.7 Å². The molecular formula is C14H14N2O3. The van der Waals surface area contributed by atoms with Gasteiger partial charge in [0.25, 0.3) is 0 Å². The lowest BCUT2D eigenvalue weighted by atomic mass is 10.1. The molecule has 0 fully saturated rings. The molecule has 0 saturated carbocycles. The highest BCUT2D eigenvalue weighted by atomic mass is 16.5. The standard InChI is InChI=1S/C14H14N2O3/c1-18-14(17)11-4-2-3-10(7-11)9-19-12-5-6-13(15)16-8-12/h2-8H,9H2,1H3,(H2,15,16). The minimum absolute atomic E-state index is 0.344. The summed E-state index contributed by atoms with van der Waals surface area (Å²) in [6.45, 7) is 0.344. The largest absolute Gasteiger partial charge is 0.487 e. The molecule has 0 bridgehead atoms. The van der Waals surface area contributed by atoms with Crippen LogP contribution < -0.4 is 10.5 Å². The highest BCUT2D eigenvalue weighted by Gasteiger charge is 2.05. The smallest absolute Gasteiger partial charge is 0.337 e. The predicted molar refractivity (Wildman–Crippen MR) is 70.8 cm³/mol. The Labute approximate surface area is 111 Å². The van der Waals surface area contributed by atoms with Gasteiger partial charge in [-0.25, -0.2) is 9.78 Å². The summed E-state index contributed by atoms with van der Waals surface area (Å²) in [5, 5.41) is 0. The van der Waals surface area contributed by atoms with E-state index in [1.807, 2.05) is 6.07 Å². The van der Waals surface area contributed by atoms with Gasteiger partial charge in [0.05, 0.1) is 18.9 Å². The van der Waals surface area contributed by atoms with E-state index in [-0.39, 0.29) is 5.97 Å². The number of carbonyl (C=O) groups is 1. The van der Waals surface area contributed by atoms with Crippen LogP contribution in [0.15, 0.2) is 42.6 Å². The molecule has 2 N–H and O–H groups in total. The Bertz CT molecular complexity index is 567. The van der Waals surface area contributed by atoms with Gasteiger partial charge in [-0.05, 0) is 29.8 Å². The van der Waals surface area contributed by atoms with Crippen LogP contribution in [0.5, 0.6) is 5.75 Å². The first-order valence-electron chi connectivity index (χ1n) is 5.70. The minimum Gasteiger partial charge on any atom is -0.487 e. The number of nitrogens with two attached hydrogens (primary N) is 1. The van der Waals surface area contributed by atoms with E-state index < -0.39 is 0 Å². The third kappa shape index (κ3) is 3.45. The molecule has 0 amide bonds. The summed E-state index contributed by atoms with van der Waals surface area (Å²) >= 11 is 0. The molecule has 1 aromatic carbocycles. The number of aromatic nitrogens is 1. The monoisotopic (exact) mass is 258 g/mol. The first-order chi connectivity index (χ1) is 9.19. The molecule has 0 spiro atoms. The van der Waals surface area contributed by atoms with E-state index >= 15 is 0 Å². The molecule has 0 aliphatic heterocycles. The molecule has 0 atom stereocenters. The number of pyridine rings is 1. The van der Waals surface area contributed by atoms with Crippen molar-refractivity contribution in [1.82, 2.24) is 4.98 Å². The molecule has 0 unspecified atom stereocenters. The van der Waals surface area contributed by atoms with Crippen LogP contribution in [0, 0.1) is 0 Å². The highest BCUT2D eigenvalue weighted by Crippen LogP contribution is 2.13. The van der Waals surface area contributed by atoms with E-state index in [9.17, 15) is 4.79 Å². The van der Waals surface area contributed by atoms with Crippen LogP contribution in [0.3, 0.4) is 0 Å². The Kier molecular flexibility index (Phi) is 3.97. The van der Waals surface area contributed by atoms with Gasteiger partial charge in [0.2, 0.25) is 0 Å². The third-order valence-electron chi connectivity index (χ3n) is 2.51. The number of methoxy groups -OCH3 is 1. The summed E-state index contributed by atoms with van der Waals surface area (Å²) in [6, 6.07) is 10.5. The Hall–Kier alpha value is -2.56. The molecule has 2 rings (SSSR count). The van der Waals surface area contributed by atoms with Crippen LogP contribution >= 0.6 is 0 Å². The fourth-order valence-corrected chi connectivity index (χ4v) is 1.55. The van der Waals surface area contributed by atoms with E-state index in [0.717, 1.165) is 5.56 Å². The summed E-state index contributed by atoms with van der Waals surface area (Å²) in [7, 11) is 1.35. The lowest BCUT2D eigenvalue weighted by molar-refractivity contribution is 0.0600. The second-order valence-electron chi connectivity index (χ2n) is 3.90. The number of nitrogen functional groups attached to an aromatic ring is 1. The number of carbonyl (C=O) groups excluding carboxylic acids is 1. The van der Waals surface area contributed by atoms with Crippen LogP contribution in [0.4, 0.5) is 5.82 Å². The summed E-state index contributed by atoms with van der Waals surface area (Å²) in [4.78, 5) is 15.3. The molecule has 1 aromatic heterocycles. The van der Waals surface area contributed by atoms with Gasteiger partial charge < -0.3 is 15.2 Å². The summed E-state index contributed by atoms with van der Waals surface area (Å²) in [5.74, 6) is 0.703. The number of hydrogen-bond acceptors (Lipinski definition) is 5. The number of benzene rings is 1. The maximum absolute atomic E-state index is 11.4. The van der Waals surface area contributed by atoms with Gasteiger partial charge in [0.1, 0.15) is 18.2 Å². The molecule has 0 aliphatic carbocycles. The van der Waals surface area contributed by atoms with E-state index in [2.05, 4.69) is 9.72 Å². The Balaban J connectivity index is 2.03. The topological polar surface area (TPSA) is 74.4 Å². The highest BCUT2D eigenvalue weighted by molar-refractivity contribution is 5.89. The van der Waals surface area contributed by atoms with Crippen molar-refractivity contribution in [3.8, 4) is 5.75 Å². The fourth-order valence-electron chi connectivity index (χ4n) is 1.55. The van der Waals surface area contributed by atoms with Crippen LogP contribution in [-0.2, 0) is 11.3 Å². The number of nitrogens with zero attached hydrogens (tertiary/aromatic N) is 1. The predicted octanol–water partition coefficient (Wildman–Crippen LogP) is 2.03. The SMILES string of the molecule is COC(=O)c1cccc(COc2ccc(N)nc2)c1. The van der Waals surface area contributed by atoms with Crippen molar-refractivity contribution in [2.75, 3.05) is 12.8 Å². The summed E-state index contributed by atoms with van der Waals surface area (Å²) in [5.41, 5.74) is 6.86. The van der Waals surface area contributed by atoms with Gasteiger partial charge in [0.15, 0.2) is 0 Å². The maximum Gasteiger partial charge on any atom is 0.337 e. The molecule has 2 aromatic rings. The maximum atomic E-state index is 11.4. The van der Waals surface area contributed by atoms with E-state index in [1.165, 1.54) is 7.11 Å². The molecule has 1 heterocycles. The van der Waals surface area contributed by atoms with Crippen LogP contribution in [-0.4, -0.2) is 18.1 Å². The Morgan fingerprint density at radius 2 is 2.16 bits per heavy atom. The molecule has 5 nitrogen and oxygen atoms in total. The molecular weight excluding hydrogens is 244 g/mol. The summed E-state index contributed by atoms with van der Waals surface area (Å²) in [6.07, 6.45) is 1.56. The zero-order valence-electron chi connectivity index (χ0n) is 10.5. The normalized spacial score (nSPS) is 9.95. The van der Waals surface area contributed by atoms with Gasteiger partial charge in [-0.2, -0.15) is 0 Å². The zero-order valence-corrected chi connectivity index (χ0v) is 10.5. The van der Waals surface area contributed by atoms with Crippen molar-refractivity contribution < 1.29 is 14.3 Å². The number of anilines is 1. The number of ether oxygens (including phenoxy) is 2. The molecule has 0 saturated heterocycles. The van der Waals surface area contributed by atoms with Crippen LogP contribution in [0.2, 0.25) is 0 Å². The third-order valence-corrected chi connectivity index (χ3v) is 2.51. The fraction of sp³-hybridized carbons (Fsp3) is 0.143. The zero-order chi connectivity index (χ0) is 13.7. The van der Waals surface area contributed by atoms with Gasteiger partial charge in [0, 0.05) is 0 Å². The van der Waals surface area contributed by atoms with E-state index in [1.54, 1.807) is 36.5 Å². The Morgan fingerprint density at radius 3 is 2.84 bits per heavy atom. The summed E-state index contributed by atoms with van der Waals surface area (Å²) < 4.78 is 10.2. The second kappa shape index (κ2) is 5.86. The van der Waals surface area contributed by atoms with Crippen LogP contribution in [0.1, 0.15) is 15.9 Å². The van der Waals surface area contributed by atoms with Crippen LogP contribution in [0.25, 0.3) is 0 Å². The van der Waals surface area contributed by atoms with Gasteiger partial charge >= 0.3 is 5.97 Å². The molecule has 0 radical (unpaired) electrons. The quantitative estimate of drug-likeness (QED) is 0.849. The average Bonchev–Trinajstić information content (AvgIpc) is 2.46. The van der Waals surface area contributed by atoms with Crippen molar-refractivity contribution in [2.24, 2.45) is 0 Å². The van der Waals surface area contributed by atoms with Gasteiger partial charge in [-0.1, -0.05) is 12.1 Å². The first-order valence-corrected chi connectivity index (χ1v) is 5.70. The lowest BCUT2D eigenvalue weighted by Crippen LogP contribution is -2.03. The van der Waals surface area contributed by atoms with Crippen molar-refractivity contribution in [3.63, 3.8) is 0 Å². The van der Waals surface area contributed by atoms with Crippen molar-refractivity contribution >= 4 is 11.8 Å². The molecule has 5 heteroatoms. The average molecular weight is 258 g/mol. The van der Waals surface area contributed by atoms with Gasteiger partial charge in [-0.3, -0.25) is 0 Å². The van der Waals surface area contributed by atoms with E-state index in [4.69, 9.17) is 10.5 Å². The van der Waals surface area contributed by atoms with Crippen molar-refractivity contribution in [1.29, 1.82) is 0 Å². The first kappa shape index (κ1) is 12.9. The molecule has 19 heavy (non-hydrogen) atoms.